The van der Waals surface area contributed by atoms with Crippen LogP contribution < -0.4 is 0 Å². The lowest BCUT2D eigenvalue weighted by molar-refractivity contribution is 0.0161. The molecule has 0 aliphatic heterocycles. The highest BCUT2D eigenvalue weighted by molar-refractivity contribution is 6.03. The molecule has 0 aliphatic rings. The molecule has 0 saturated carbocycles. The number of aliphatic hydroxyl groups is 1. The minimum absolute atomic E-state index is 0.241. The van der Waals surface area contributed by atoms with Gasteiger partial charge in [0.15, 0.2) is 11.4 Å². The Balaban J connectivity index is 2.45. The van der Waals surface area contributed by atoms with Crippen LogP contribution in [0.15, 0.2) is 60.7 Å². The second kappa shape index (κ2) is 5.99. The van der Waals surface area contributed by atoms with E-state index in [1.165, 1.54) is 0 Å². The van der Waals surface area contributed by atoms with Crippen molar-refractivity contribution in [3.8, 4) is 0 Å². The first kappa shape index (κ1) is 14.4. The number of likely N-dealkylation sites (N-methyl/N-ethyl adjacent to an activating group) is 1. The lowest BCUT2D eigenvalue weighted by Gasteiger charge is -2.30. The molecule has 0 unspecified atom stereocenters. The Morgan fingerprint density at radius 2 is 1.50 bits per heavy atom. The molecule has 1 N–H and O–H groups in total. The van der Waals surface area contributed by atoms with Crippen LogP contribution >= 0.6 is 0 Å². The number of carbonyl (C=O) groups excluding carboxylic acids is 1. The quantitative estimate of drug-likeness (QED) is 0.847. The van der Waals surface area contributed by atoms with E-state index in [-0.39, 0.29) is 12.3 Å². The first-order valence-electron chi connectivity index (χ1n) is 6.56. The molecule has 2 aromatic carbocycles. The SMILES string of the molecule is CN(C)C[C@@](O)(C(=O)c1ccccc1)c1ccccc1. The third-order valence-corrected chi connectivity index (χ3v) is 3.21. The molecule has 0 radical (unpaired) electrons. The van der Waals surface area contributed by atoms with Crippen molar-refractivity contribution < 1.29 is 9.90 Å². The standard InChI is InChI=1S/C17H19NO2/c1-18(2)13-17(20,15-11-7-4-8-12-15)16(19)14-9-5-3-6-10-14/h3-12,20H,13H2,1-2H3/t17-/m0/s1. The van der Waals surface area contributed by atoms with Gasteiger partial charge in [0.2, 0.25) is 0 Å². The number of rotatable bonds is 5. The molecule has 0 bridgehead atoms. The second-order valence-electron chi connectivity index (χ2n) is 5.16. The van der Waals surface area contributed by atoms with Gasteiger partial charge in [-0.15, -0.1) is 0 Å². The molecule has 3 nitrogen and oxygen atoms in total. The highest BCUT2D eigenvalue weighted by Gasteiger charge is 2.38. The summed E-state index contributed by atoms with van der Waals surface area (Å²) >= 11 is 0. The Hall–Kier alpha value is -1.97. The van der Waals surface area contributed by atoms with Crippen molar-refractivity contribution in [1.82, 2.24) is 4.90 Å². The summed E-state index contributed by atoms with van der Waals surface area (Å²) in [6.07, 6.45) is 0. The molecule has 0 aliphatic carbocycles. The Bertz CT molecular complexity index is 566. The lowest BCUT2D eigenvalue weighted by Crippen LogP contribution is -2.44. The van der Waals surface area contributed by atoms with Gasteiger partial charge in [0.05, 0.1) is 0 Å². The average molecular weight is 269 g/mol. The summed E-state index contributed by atoms with van der Waals surface area (Å²) in [5.74, 6) is -0.280. The van der Waals surface area contributed by atoms with E-state index in [0.29, 0.717) is 11.1 Å². The molecule has 2 aromatic rings. The third kappa shape index (κ3) is 2.95. The minimum Gasteiger partial charge on any atom is -0.376 e. The molecule has 0 heterocycles. The summed E-state index contributed by atoms with van der Waals surface area (Å²) < 4.78 is 0. The van der Waals surface area contributed by atoms with Crippen molar-refractivity contribution in [2.24, 2.45) is 0 Å². The van der Waals surface area contributed by atoms with E-state index in [4.69, 9.17) is 0 Å². The van der Waals surface area contributed by atoms with E-state index in [1.54, 1.807) is 36.4 Å². The topological polar surface area (TPSA) is 40.5 Å². The normalized spacial score (nSPS) is 14.0. The molecule has 0 fully saturated rings. The van der Waals surface area contributed by atoms with Gasteiger partial charge < -0.3 is 10.0 Å². The first-order chi connectivity index (χ1) is 9.54. The van der Waals surface area contributed by atoms with Crippen LogP contribution in [-0.4, -0.2) is 36.4 Å². The van der Waals surface area contributed by atoms with Gasteiger partial charge in [0.25, 0.3) is 0 Å². The molecule has 0 aromatic heterocycles. The van der Waals surface area contributed by atoms with Gasteiger partial charge in [0.1, 0.15) is 0 Å². The summed E-state index contributed by atoms with van der Waals surface area (Å²) in [7, 11) is 3.68. The maximum atomic E-state index is 12.7. The van der Waals surface area contributed by atoms with Crippen LogP contribution in [0, 0.1) is 0 Å². The van der Waals surface area contributed by atoms with Crippen LogP contribution in [0.25, 0.3) is 0 Å². The largest absolute Gasteiger partial charge is 0.376 e. The van der Waals surface area contributed by atoms with E-state index >= 15 is 0 Å². The maximum absolute atomic E-state index is 12.7. The summed E-state index contributed by atoms with van der Waals surface area (Å²) in [6, 6.07) is 18.0. The molecule has 0 saturated heterocycles. The predicted molar refractivity (Wildman–Crippen MR) is 79.7 cm³/mol. The van der Waals surface area contributed by atoms with Crippen molar-refractivity contribution in [3.05, 3.63) is 71.8 Å². The average Bonchev–Trinajstić information content (AvgIpc) is 2.47. The molecular formula is C17H19NO2. The van der Waals surface area contributed by atoms with Gasteiger partial charge in [-0.2, -0.15) is 0 Å². The number of hydrogen-bond acceptors (Lipinski definition) is 3. The zero-order valence-electron chi connectivity index (χ0n) is 11.8. The number of hydrogen-bond donors (Lipinski definition) is 1. The van der Waals surface area contributed by atoms with Crippen LogP contribution in [0.2, 0.25) is 0 Å². The number of carbonyl (C=O) groups is 1. The van der Waals surface area contributed by atoms with E-state index in [0.717, 1.165) is 0 Å². The molecule has 3 heteroatoms. The molecule has 20 heavy (non-hydrogen) atoms. The highest BCUT2D eigenvalue weighted by Crippen LogP contribution is 2.26. The molecule has 2 rings (SSSR count). The highest BCUT2D eigenvalue weighted by atomic mass is 16.3. The van der Waals surface area contributed by atoms with Crippen molar-refractivity contribution in [2.75, 3.05) is 20.6 Å². The summed E-state index contributed by atoms with van der Waals surface area (Å²) in [6.45, 7) is 0.241. The fourth-order valence-corrected chi connectivity index (χ4v) is 2.29. The first-order valence-corrected chi connectivity index (χ1v) is 6.56. The van der Waals surface area contributed by atoms with E-state index in [2.05, 4.69) is 0 Å². The Labute approximate surface area is 119 Å². The van der Waals surface area contributed by atoms with Crippen LogP contribution in [0.5, 0.6) is 0 Å². The fourth-order valence-electron chi connectivity index (χ4n) is 2.29. The van der Waals surface area contributed by atoms with Crippen LogP contribution in [-0.2, 0) is 5.60 Å². The van der Waals surface area contributed by atoms with Crippen LogP contribution in [0.1, 0.15) is 15.9 Å². The van der Waals surface area contributed by atoms with Gasteiger partial charge in [0, 0.05) is 12.1 Å². The summed E-state index contributed by atoms with van der Waals surface area (Å²) in [5.41, 5.74) is -0.408. The molecule has 104 valence electrons. The third-order valence-electron chi connectivity index (χ3n) is 3.21. The monoisotopic (exact) mass is 269 g/mol. The molecule has 0 spiro atoms. The zero-order chi connectivity index (χ0) is 14.6. The van der Waals surface area contributed by atoms with Crippen molar-refractivity contribution in [2.45, 2.75) is 5.60 Å². The Morgan fingerprint density at radius 3 is 2.00 bits per heavy atom. The predicted octanol–water partition coefficient (Wildman–Crippen LogP) is 2.32. The summed E-state index contributed by atoms with van der Waals surface area (Å²) in [5, 5.41) is 11.0. The van der Waals surface area contributed by atoms with Crippen molar-refractivity contribution in [3.63, 3.8) is 0 Å². The van der Waals surface area contributed by atoms with Gasteiger partial charge >= 0.3 is 0 Å². The Kier molecular flexibility index (Phi) is 4.32. The maximum Gasteiger partial charge on any atom is 0.200 e. The van der Waals surface area contributed by atoms with Crippen LogP contribution in [0.3, 0.4) is 0 Å². The lowest BCUT2D eigenvalue weighted by atomic mass is 9.85. The zero-order valence-corrected chi connectivity index (χ0v) is 11.8. The number of ketones is 1. The molecule has 1 atom stereocenters. The van der Waals surface area contributed by atoms with Gasteiger partial charge in [-0.05, 0) is 19.7 Å². The van der Waals surface area contributed by atoms with E-state index in [1.807, 2.05) is 43.3 Å². The second-order valence-corrected chi connectivity index (χ2v) is 5.16. The van der Waals surface area contributed by atoms with Gasteiger partial charge in [-0.3, -0.25) is 4.79 Å². The van der Waals surface area contributed by atoms with Gasteiger partial charge in [-0.25, -0.2) is 0 Å². The minimum atomic E-state index is -1.54. The molecular weight excluding hydrogens is 250 g/mol. The Morgan fingerprint density at radius 1 is 1.00 bits per heavy atom. The smallest absolute Gasteiger partial charge is 0.200 e. The summed E-state index contributed by atoms with van der Waals surface area (Å²) in [4.78, 5) is 14.5. The van der Waals surface area contributed by atoms with Crippen molar-refractivity contribution >= 4 is 5.78 Å². The number of benzene rings is 2. The van der Waals surface area contributed by atoms with Crippen molar-refractivity contribution in [1.29, 1.82) is 0 Å². The number of nitrogens with zero attached hydrogens (tertiary/aromatic N) is 1. The number of Topliss-reactive ketones (excluding diaryl/α,β-unsaturated/α-hetero) is 1. The van der Waals surface area contributed by atoms with E-state index < -0.39 is 5.60 Å². The van der Waals surface area contributed by atoms with E-state index in [9.17, 15) is 9.90 Å². The fraction of sp³-hybridized carbons (Fsp3) is 0.235. The van der Waals surface area contributed by atoms with Gasteiger partial charge in [-0.1, -0.05) is 60.7 Å². The molecule has 0 amide bonds. The van der Waals surface area contributed by atoms with Crippen LogP contribution in [0.4, 0.5) is 0 Å².